The van der Waals surface area contributed by atoms with Crippen molar-refractivity contribution in [2.75, 3.05) is 5.73 Å². The van der Waals surface area contributed by atoms with Crippen molar-refractivity contribution >= 4 is 16.5 Å². The van der Waals surface area contributed by atoms with Crippen molar-refractivity contribution < 1.29 is 9.26 Å². The zero-order chi connectivity index (χ0) is 14.2. The molecule has 3 atom stereocenters. The van der Waals surface area contributed by atoms with Crippen LogP contribution in [-0.4, -0.2) is 27.3 Å². The van der Waals surface area contributed by atoms with Crippen molar-refractivity contribution in [1.82, 2.24) is 15.1 Å². The van der Waals surface area contributed by atoms with Gasteiger partial charge in [-0.3, -0.25) is 0 Å². The van der Waals surface area contributed by atoms with Gasteiger partial charge < -0.3 is 15.0 Å². The summed E-state index contributed by atoms with van der Waals surface area (Å²) < 4.78 is 11.2. The maximum absolute atomic E-state index is 5.85. The van der Waals surface area contributed by atoms with Crippen molar-refractivity contribution in [2.24, 2.45) is 0 Å². The van der Waals surface area contributed by atoms with Crippen LogP contribution in [0.15, 0.2) is 9.90 Å². The molecule has 112 valence electrons. The van der Waals surface area contributed by atoms with Gasteiger partial charge in [0.25, 0.3) is 0 Å². The molecule has 4 heterocycles. The monoisotopic (exact) mass is 306 g/mol. The minimum atomic E-state index is 0.304. The molecular formula is C14H18N4O2S. The second-order valence-corrected chi connectivity index (χ2v) is 6.68. The van der Waals surface area contributed by atoms with Crippen molar-refractivity contribution in [2.45, 2.75) is 56.7 Å². The minimum absolute atomic E-state index is 0.304. The van der Waals surface area contributed by atoms with E-state index in [4.69, 9.17) is 15.0 Å². The third-order valence-electron chi connectivity index (χ3n) is 4.31. The molecule has 2 N–H and O–H groups in total. The highest BCUT2D eigenvalue weighted by atomic mass is 32.1. The zero-order valence-electron chi connectivity index (χ0n) is 11.7. The molecule has 2 aromatic heterocycles. The molecule has 0 aromatic carbocycles. The number of ether oxygens (including phenoxy) is 1. The first kappa shape index (κ1) is 13.2. The molecule has 0 amide bonds. The van der Waals surface area contributed by atoms with Gasteiger partial charge in [-0.15, -0.1) is 11.3 Å². The fourth-order valence-electron chi connectivity index (χ4n) is 3.29. The number of aromatic nitrogens is 3. The predicted molar refractivity (Wildman–Crippen MR) is 78.1 cm³/mol. The highest BCUT2D eigenvalue weighted by molar-refractivity contribution is 7.13. The Kier molecular flexibility index (Phi) is 3.39. The first-order valence-corrected chi connectivity index (χ1v) is 8.34. The van der Waals surface area contributed by atoms with E-state index in [1.54, 1.807) is 0 Å². The van der Waals surface area contributed by atoms with Gasteiger partial charge in [0.1, 0.15) is 0 Å². The summed E-state index contributed by atoms with van der Waals surface area (Å²) in [6.45, 7) is 0. The van der Waals surface area contributed by atoms with E-state index in [2.05, 4.69) is 15.1 Å². The van der Waals surface area contributed by atoms with Crippen molar-refractivity contribution in [3.05, 3.63) is 22.8 Å². The third kappa shape index (κ3) is 2.67. The Labute approximate surface area is 126 Å². The molecule has 0 radical (unpaired) electrons. The van der Waals surface area contributed by atoms with Crippen LogP contribution in [-0.2, 0) is 17.6 Å². The molecule has 3 unspecified atom stereocenters. The molecule has 2 saturated heterocycles. The number of rotatable bonds is 5. The molecule has 2 fully saturated rings. The summed E-state index contributed by atoms with van der Waals surface area (Å²) in [5.74, 6) is 1.88. The van der Waals surface area contributed by atoms with E-state index in [0.717, 1.165) is 49.5 Å². The van der Waals surface area contributed by atoms with E-state index in [0.29, 0.717) is 23.3 Å². The number of anilines is 1. The summed E-state index contributed by atoms with van der Waals surface area (Å²) in [4.78, 5) is 8.80. The summed E-state index contributed by atoms with van der Waals surface area (Å²) in [6.07, 6.45) is 6.69. The number of aryl methyl sites for hydroxylation is 2. The molecule has 0 saturated carbocycles. The second kappa shape index (κ2) is 5.38. The minimum Gasteiger partial charge on any atom is -0.375 e. The Hall–Kier alpha value is -1.47. The van der Waals surface area contributed by atoms with E-state index < -0.39 is 0 Å². The molecule has 21 heavy (non-hydrogen) atoms. The zero-order valence-corrected chi connectivity index (χ0v) is 12.5. The molecule has 0 aliphatic carbocycles. The van der Waals surface area contributed by atoms with Crippen LogP contribution < -0.4 is 5.73 Å². The number of hydrogen-bond acceptors (Lipinski definition) is 7. The third-order valence-corrected chi connectivity index (χ3v) is 5.04. The van der Waals surface area contributed by atoms with Gasteiger partial charge in [-0.05, 0) is 32.1 Å². The molecule has 4 rings (SSSR count). The summed E-state index contributed by atoms with van der Waals surface area (Å²) in [7, 11) is 0. The molecule has 0 spiro atoms. The fourth-order valence-corrected chi connectivity index (χ4v) is 3.89. The quantitative estimate of drug-likeness (QED) is 0.912. The molecule has 6 nitrogen and oxygen atoms in total. The topological polar surface area (TPSA) is 87.1 Å². The molecule has 2 aliphatic rings. The molecule has 2 bridgehead atoms. The largest absolute Gasteiger partial charge is 0.375 e. The molecular weight excluding hydrogens is 288 g/mol. The Morgan fingerprint density at radius 2 is 2.24 bits per heavy atom. The van der Waals surface area contributed by atoms with E-state index in [9.17, 15) is 0 Å². The van der Waals surface area contributed by atoms with Crippen LogP contribution in [0.2, 0.25) is 0 Å². The number of nitrogens with two attached hydrogens (primary N) is 1. The van der Waals surface area contributed by atoms with Gasteiger partial charge in [-0.2, -0.15) is 4.98 Å². The molecule has 2 aliphatic heterocycles. The van der Waals surface area contributed by atoms with E-state index >= 15 is 0 Å². The standard InChI is InChI=1S/C14H18N4O2S/c15-14-16-8(7-21-14)2-1-3-12-17-13(18-20-12)10-6-9-4-5-11(10)19-9/h7,9-11H,1-6H2,(H2,15,16). The fraction of sp³-hybridized carbons (Fsp3) is 0.643. The van der Waals surface area contributed by atoms with Gasteiger partial charge in [0.2, 0.25) is 5.89 Å². The number of fused-ring (bicyclic) bond motifs is 2. The summed E-state index contributed by atoms with van der Waals surface area (Å²) in [5, 5.41) is 6.77. The van der Waals surface area contributed by atoms with Crippen LogP contribution in [0.25, 0.3) is 0 Å². The van der Waals surface area contributed by atoms with E-state index in [-0.39, 0.29) is 0 Å². The van der Waals surface area contributed by atoms with E-state index in [1.165, 1.54) is 17.8 Å². The van der Waals surface area contributed by atoms with Gasteiger partial charge in [0.15, 0.2) is 11.0 Å². The highest BCUT2D eigenvalue weighted by Gasteiger charge is 2.43. The number of nitrogens with zero attached hydrogens (tertiary/aromatic N) is 3. The van der Waals surface area contributed by atoms with E-state index in [1.807, 2.05) is 5.38 Å². The second-order valence-electron chi connectivity index (χ2n) is 5.79. The van der Waals surface area contributed by atoms with Crippen molar-refractivity contribution in [1.29, 1.82) is 0 Å². The van der Waals surface area contributed by atoms with Crippen molar-refractivity contribution in [3.8, 4) is 0 Å². The van der Waals surface area contributed by atoms with Crippen LogP contribution in [0.1, 0.15) is 49.0 Å². The van der Waals surface area contributed by atoms with Crippen LogP contribution in [0.5, 0.6) is 0 Å². The maximum atomic E-state index is 5.85. The average molecular weight is 306 g/mol. The molecule has 7 heteroatoms. The Morgan fingerprint density at radius 3 is 2.95 bits per heavy atom. The SMILES string of the molecule is Nc1nc(CCCc2nc(C3CC4CCC3O4)no2)cs1. The highest BCUT2D eigenvalue weighted by Crippen LogP contribution is 2.43. The normalized spacial score (nSPS) is 27.5. The molecule has 2 aromatic rings. The Balaban J connectivity index is 1.32. The number of thiazole rings is 1. The number of hydrogen-bond donors (Lipinski definition) is 1. The predicted octanol–water partition coefficient (Wildman–Crippen LogP) is 2.32. The number of nitrogen functional groups attached to an aromatic ring is 1. The lowest BCUT2D eigenvalue weighted by Gasteiger charge is -2.13. The average Bonchev–Trinajstić information content (AvgIpc) is 3.22. The summed E-state index contributed by atoms with van der Waals surface area (Å²) in [6, 6.07) is 0. The first-order chi connectivity index (χ1) is 10.3. The smallest absolute Gasteiger partial charge is 0.226 e. The van der Waals surface area contributed by atoms with Crippen LogP contribution in [0.3, 0.4) is 0 Å². The van der Waals surface area contributed by atoms with Gasteiger partial charge in [0, 0.05) is 11.8 Å². The lowest BCUT2D eigenvalue weighted by molar-refractivity contribution is 0.0996. The van der Waals surface area contributed by atoms with Gasteiger partial charge in [0.05, 0.1) is 23.8 Å². The van der Waals surface area contributed by atoms with Gasteiger partial charge in [-0.25, -0.2) is 4.98 Å². The van der Waals surface area contributed by atoms with Gasteiger partial charge in [-0.1, -0.05) is 5.16 Å². The Bertz CT molecular complexity index is 626. The van der Waals surface area contributed by atoms with Gasteiger partial charge >= 0.3 is 0 Å². The van der Waals surface area contributed by atoms with Crippen LogP contribution in [0.4, 0.5) is 5.13 Å². The summed E-state index contributed by atoms with van der Waals surface area (Å²) >= 11 is 1.48. The maximum Gasteiger partial charge on any atom is 0.226 e. The first-order valence-electron chi connectivity index (χ1n) is 7.46. The lowest BCUT2D eigenvalue weighted by Crippen LogP contribution is -2.15. The van der Waals surface area contributed by atoms with Crippen LogP contribution in [0, 0.1) is 0 Å². The van der Waals surface area contributed by atoms with Crippen LogP contribution >= 0.6 is 11.3 Å². The summed E-state index contributed by atoms with van der Waals surface area (Å²) in [5.41, 5.74) is 6.66. The lowest BCUT2D eigenvalue weighted by atomic mass is 9.89. The van der Waals surface area contributed by atoms with Crippen molar-refractivity contribution in [3.63, 3.8) is 0 Å². The Morgan fingerprint density at radius 1 is 1.29 bits per heavy atom.